The fourth-order valence-electron chi connectivity index (χ4n) is 1.31. The Hall–Kier alpha value is -0.730. The van der Waals surface area contributed by atoms with Crippen molar-refractivity contribution in [3.8, 4) is 0 Å². The first kappa shape index (κ1) is 11.3. The molecule has 7 nitrogen and oxygen atoms in total. The van der Waals surface area contributed by atoms with E-state index < -0.39 is 36.7 Å². The summed E-state index contributed by atoms with van der Waals surface area (Å²) < 4.78 is 9.22. The van der Waals surface area contributed by atoms with Gasteiger partial charge >= 0.3 is 5.97 Å². The maximum atomic E-state index is 10.6. The van der Waals surface area contributed by atoms with Crippen LogP contribution in [0, 0.1) is 0 Å². The third kappa shape index (κ3) is 1.86. The number of aliphatic hydroxyl groups excluding tert-OH is 3. The second-order valence-corrected chi connectivity index (χ2v) is 2.97. The van der Waals surface area contributed by atoms with Crippen molar-refractivity contribution in [1.29, 1.82) is 0 Å². The van der Waals surface area contributed by atoms with E-state index in [0.717, 1.165) is 0 Å². The molecule has 0 bridgehead atoms. The van der Waals surface area contributed by atoms with Crippen LogP contribution in [0.4, 0.5) is 0 Å². The van der Waals surface area contributed by atoms with E-state index in [-0.39, 0.29) is 0 Å². The van der Waals surface area contributed by atoms with Crippen molar-refractivity contribution in [3.05, 3.63) is 0 Å². The van der Waals surface area contributed by atoms with Crippen molar-refractivity contribution in [1.82, 2.24) is 0 Å². The number of carboxylic acids is 1. The number of hydrogen-bond acceptors (Lipinski definition) is 6. The van der Waals surface area contributed by atoms with E-state index in [9.17, 15) is 9.90 Å². The molecule has 1 heterocycles. The van der Waals surface area contributed by atoms with Crippen LogP contribution in [0.3, 0.4) is 0 Å². The molecule has 0 aromatic heterocycles. The Bertz CT molecular complexity index is 218. The first-order chi connectivity index (χ1) is 6.49. The van der Waals surface area contributed by atoms with Crippen LogP contribution in [0.15, 0.2) is 0 Å². The molecule has 0 radical (unpaired) electrons. The molecule has 0 saturated carbocycles. The number of aliphatic carboxylic acids is 1. The Balaban J connectivity index is 2.82. The number of rotatable bonds is 2. The third-order valence-electron chi connectivity index (χ3n) is 2.08. The second kappa shape index (κ2) is 4.20. The molecule has 0 spiro atoms. The standard InChI is InChI=1S/C7H12O7/c1-13-4-2(8)3(9)7(12)14-5(4)6(10)11/h2-5,7-9,12H,1H3,(H,10,11). The van der Waals surface area contributed by atoms with E-state index in [1.165, 1.54) is 7.11 Å². The maximum absolute atomic E-state index is 10.6. The van der Waals surface area contributed by atoms with Gasteiger partial charge in [0.15, 0.2) is 12.4 Å². The number of carboxylic acid groups (broad SMARTS) is 1. The van der Waals surface area contributed by atoms with Gasteiger partial charge in [0.25, 0.3) is 0 Å². The Morgan fingerprint density at radius 2 is 1.86 bits per heavy atom. The molecule has 5 atom stereocenters. The maximum Gasteiger partial charge on any atom is 0.335 e. The molecule has 7 heteroatoms. The molecule has 0 aliphatic carbocycles. The van der Waals surface area contributed by atoms with Gasteiger partial charge < -0.3 is 29.9 Å². The van der Waals surface area contributed by atoms with Gasteiger partial charge in [0.1, 0.15) is 18.3 Å². The Morgan fingerprint density at radius 1 is 1.29 bits per heavy atom. The summed E-state index contributed by atoms with van der Waals surface area (Å²) in [6.45, 7) is 0. The molecule has 82 valence electrons. The van der Waals surface area contributed by atoms with Gasteiger partial charge in [-0.25, -0.2) is 4.79 Å². The quantitative estimate of drug-likeness (QED) is 0.397. The third-order valence-corrected chi connectivity index (χ3v) is 2.08. The van der Waals surface area contributed by atoms with E-state index in [0.29, 0.717) is 0 Å². The summed E-state index contributed by atoms with van der Waals surface area (Å²) in [6.07, 6.45) is -7.49. The van der Waals surface area contributed by atoms with Crippen LogP contribution in [0.1, 0.15) is 0 Å². The van der Waals surface area contributed by atoms with Gasteiger partial charge in [-0.3, -0.25) is 0 Å². The molecule has 1 rings (SSSR count). The van der Waals surface area contributed by atoms with E-state index >= 15 is 0 Å². The van der Waals surface area contributed by atoms with Gasteiger partial charge in [0, 0.05) is 7.11 Å². The zero-order chi connectivity index (χ0) is 10.9. The van der Waals surface area contributed by atoms with Crippen molar-refractivity contribution in [2.24, 2.45) is 0 Å². The zero-order valence-corrected chi connectivity index (χ0v) is 7.40. The highest BCUT2D eigenvalue weighted by Crippen LogP contribution is 2.21. The molecular formula is C7H12O7. The molecule has 5 unspecified atom stereocenters. The first-order valence-electron chi connectivity index (χ1n) is 3.94. The fraction of sp³-hybridized carbons (Fsp3) is 0.857. The lowest BCUT2D eigenvalue weighted by Gasteiger charge is -2.37. The number of ether oxygens (including phenoxy) is 2. The summed E-state index contributed by atoms with van der Waals surface area (Å²) in [5.74, 6) is -1.37. The van der Waals surface area contributed by atoms with E-state index in [4.69, 9.17) is 15.3 Å². The average molecular weight is 208 g/mol. The predicted octanol–water partition coefficient (Wildman–Crippen LogP) is -2.47. The van der Waals surface area contributed by atoms with Crippen LogP contribution in [-0.4, -0.2) is 64.2 Å². The predicted molar refractivity (Wildman–Crippen MR) is 41.3 cm³/mol. The minimum Gasteiger partial charge on any atom is -0.479 e. The van der Waals surface area contributed by atoms with Gasteiger partial charge in [-0.05, 0) is 0 Å². The second-order valence-electron chi connectivity index (χ2n) is 2.97. The van der Waals surface area contributed by atoms with E-state index in [1.807, 2.05) is 0 Å². The van der Waals surface area contributed by atoms with Gasteiger partial charge in [-0.1, -0.05) is 0 Å². The minimum atomic E-state index is -1.72. The molecule has 14 heavy (non-hydrogen) atoms. The van der Waals surface area contributed by atoms with Gasteiger partial charge in [-0.15, -0.1) is 0 Å². The lowest BCUT2D eigenvalue weighted by Crippen LogP contribution is -2.60. The smallest absolute Gasteiger partial charge is 0.335 e. The lowest BCUT2D eigenvalue weighted by atomic mass is 9.99. The van der Waals surface area contributed by atoms with Crippen molar-refractivity contribution in [2.45, 2.75) is 30.7 Å². The summed E-state index contributed by atoms with van der Waals surface area (Å²) >= 11 is 0. The first-order valence-corrected chi connectivity index (χ1v) is 3.94. The molecule has 0 amide bonds. The molecule has 1 aliphatic heterocycles. The summed E-state index contributed by atoms with van der Waals surface area (Å²) in [6, 6.07) is 0. The highest BCUT2D eigenvalue weighted by atomic mass is 16.7. The van der Waals surface area contributed by atoms with Crippen LogP contribution < -0.4 is 0 Å². The van der Waals surface area contributed by atoms with Crippen LogP contribution in [0.25, 0.3) is 0 Å². The van der Waals surface area contributed by atoms with Crippen LogP contribution in [0.2, 0.25) is 0 Å². The van der Waals surface area contributed by atoms with Crippen molar-refractivity contribution in [3.63, 3.8) is 0 Å². The normalized spacial score (nSPS) is 43.6. The Labute approximate surface area is 79.5 Å². The van der Waals surface area contributed by atoms with Crippen molar-refractivity contribution >= 4 is 5.97 Å². The lowest BCUT2D eigenvalue weighted by molar-refractivity contribution is -0.283. The van der Waals surface area contributed by atoms with Crippen LogP contribution >= 0.6 is 0 Å². The molecule has 4 N–H and O–H groups in total. The molecule has 0 aromatic carbocycles. The van der Waals surface area contributed by atoms with Gasteiger partial charge in [-0.2, -0.15) is 0 Å². The summed E-state index contributed by atoms with van der Waals surface area (Å²) in [5, 5.41) is 36.2. The number of hydrogen-bond donors (Lipinski definition) is 4. The fourth-order valence-corrected chi connectivity index (χ4v) is 1.31. The summed E-state index contributed by atoms with van der Waals surface area (Å²) in [7, 11) is 1.18. The van der Waals surface area contributed by atoms with Crippen LogP contribution in [0.5, 0.6) is 0 Å². The highest BCUT2D eigenvalue weighted by molar-refractivity contribution is 5.73. The monoisotopic (exact) mass is 208 g/mol. The van der Waals surface area contributed by atoms with E-state index in [1.54, 1.807) is 0 Å². The highest BCUT2D eigenvalue weighted by Gasteiger charge is 2.47. The van der Waals surface area contributed by atoms with Gasteiger partial charge in [0.05, 0.1) is 0 Å². The molecule has 1 fully saturated rings. The molecule has 1 saturated heterocycles. The van der Waals surface area contributed by atoms with Crippen LogP contribution in [-0.2, 0) is 14.3 Å². The molecule has 0 aromatic rings. The molecule has 1 aliphatic rings. The topological polar surface area (TPSA) is 116 Å². The number of methoxy groups -OCH3 is 1. The summed E-state index contributed by atoms with van der Waals surface area (Å²) in [5.41, 5.74) is 0. The molecular weight excluding hydrogens is 196 g/mol. The number of carbonyl (C=O) groups is 1. The number of aliphatic hydroxyl groups is 3. The Morgan fingerprint density at radius 3 is 2.29 bits per heavy atom. The average Bonchev–Trinajstić information content (AvgIpc) is 2.13. The SMILES string of the molecule is COC1C(C(=O)O)OC(O)C(O)C1O. The van der Waals surface area contributed by atoms with Gasteiger partial charge in [0.2, 0.25) is 0 Å². The van der Waals surface area contributed by atoms with E-state index in [2.05, 4.69) is 9.47 Å². The van der Waals surface area contributed by atoms with Crippen molar-refractivity contribution in [2.75, 3.05) is 7.11 Å². The van der Waals surface area contributed by atoms with Crippen molar-refractivity contribution < 1.29 is 34.7 Å². The Kier molecular flexibility index (Phi) is 3.40. The minimum absolute atomic E-state index is 1.18. The zero-order valence-electron chi connectivity index (χ0n) is 7.40. The largest absolute Gasteiger partial charge is 0.479 e. The summed E-state index contributed by atoms with van der Waals surface area (Å²) in [4.78, 5) is 10.6.